The van der Waals surface area contributed by atoms with E-state index in [1.54, 1.807) is 6.33 Å². The van der Waals surface area contributed by atoms with Crippen molar-refractivity contribution >= 4 is 17.3 Å². The van der Waals surface area contributed by atoms with Crippen molar-refractivity contribution in [1.82, 2.24) is 20.1 Å². The highest BCUT2D eigenvalue weighted by molar-refractivity contribution is 7.12. The maximum atomic E-state index is 10.6. The van der Waals surface area contributed by atoms with Gasteiger partial charge in [0.1, 0.15) is 12.2 Å². The number of nitrogens with one attached hydrogen (secondary N) is 1. The van der Waals surface area contributed by atoms with Crippen LogP contribution in [0.3, 0.4) is 0 Å². The van der Waals surface area contributed by atoms with E-state index >= 15 is 0 Å². The van der Waals surface area contributed by atoms with Crippen LogP contribution in [-0.2, 0) is 31.4 Å². The average Bonchev–Trinajstić information content (AvgIpc) is 2.89. The van der Waals surface area contributed by atoms with E-state index in [1.807, 2.05) is 23.7 Å². The van der Waals surface area contributed by atoms with Crippen LogP contribution in [-0.4, -0.2) is 25.8 Å². The van der Waals surface area contributed by atoms with E-state index in [-0.39, 0.29) is 6.42 Å². The van der Waals surface area contributed by atoms with E-state index in [9.17, 15) is 4.79 Å². The molecule has 0 saturated heterocycles. The van der Waals surface area contributed by atoms with Crippen molar-refractivity contribution in [1.29, 1.82) is 0 Å². The highest BCUT2D eigenvalue weighted by atomic mass is 32.1. The first-order chi connectivity index (χ1) is 8.65. The molecule has 0 saturated carbocycles. The lowest BCUT2D eigenvalue weighted by Gasteiger charge is -2.01. The number of carboxylic acids is 1. The second-order valence-corrected chi connectivity index (χ2v) is 5.15. The van der Waals surface area contributed by atoms with Gasteiger partial charge < -0.3 is 15.0 Å². The Morgan fingerprint density at radius 3 is 2.89 bits per heavy atom. The number of nitrogens with zero attached hydrogens (tertiary/aromatic N) is 3. The first-order valence-corrected chi connectivity index (χ1v) is 6.30. The highest BCUT2D eigenvalue weighted by Crippen LogP contribution is 2.16. The van der Waals surface area contributed by atoms with E-state index in [0.717, 1.165) is 15.6 Å². The van der Waals surface area contributed by atoms with Crippen LogP contribution in [0.4, 0.5) is 0 Å². The number of carbonyl (C=O) groups is 1. The Labute approximate surface area is 108 Å². The van der Waals surface area contributed by atoms with Gasteiger partial charge in [0, 0.05) is 23.3 Å². The molecule has 96 valence electrons. The quantitative estimate of drug-likeness (QED) is 0.808. The molecule has 0 aliphatic rings. The fourth-order valence-corrected chi connectivity index (χ4v) is 2.50. The van der Waals surface area contributed by atoms with Gasteiger partial charge in [0.2, 0.25) is 0 Å². The van der Waals surface area contributed by atoms with Gasteiger partial charge in [-0.3, -0.25) is 4.79 Å². The summed E-state index contributed by atoms with van der Waals surface area (Å²) in [5.41, 5.74) is 0. The van der Waals surface area contributed by atoms with Gasteiger partial charge in [0.15, 0.2) is 0 Å². The Balaban J connectivity index is 1.82. The number of hydrogen-bond acceptors (Lipinski definition) is 5. The van der Waals surface area contributed by atoms with Gasteiger partial charge in [-0.2, -0.15) is 0 Å². The molecule has 2 heterocycles. The molecule has 0 radical (unpaired) electrons. The summed E-state index contributed by atoms with van der Waals surface area (Å²) in [5, 5.41) is 19.7. The molecule has 0 amide bonds. The van der Waals surface area contributed by atoms with Crippen molar-refractivity contribution in [2.45, 2.75) is 19.5 Å². The van der Waals surface area contributed by atoms with Crippen LogP contribution in [0.1, 0.15) is 15.6 Å². The summed E-state index contributed by atoms with van der Waals surface area (Å²) in [5.74, 6) is 0.0766. The van der Waals surface area contributed by atoms with Crippen molar-refractivity contribution < 1.29 is 9.90 Å². The van der Waals surface area contributed by atoms with Crippen molar-refractivity contribution in [3.8, 4) is 0 Å². The number of thiophene rings is 1. The molecule has 18 heavy (non-hydrogen) atoms. The molecule has 0 bridgehead atoms. The van der Waals surface area contributed by atoms with E-state index in [4.69, 9.17) is 5.11 Å². The van der Waals surface area contributed by atoms with Gasteiger partial charge in [-0.1, -0.05) is 0 Å². The lowest BCUT2D eigenvalue weighted by Crippen LogP contribution is -2.14. The largest absolute Gasteiger partial charge is 0.481 e. The molecule has 6 nitrogen and oxygen atoms in total. The molecule has 2 aromatic rings. The number of aromatic nitrogens is 3. The van der Waals surface area contributed by atoms with Crippen LogP contribution in [0.2, 0.25) is 0 Å². The number of aliphatic carboxylic acids is 1. The summed E-state index contributed by atoms with van der Waals surface area (Å²) in [7, 11) is 1.90. The Kier molecular flexibility index (Phi) is 4.06. The molecule has 2 N–H and O–H groups in total. The van der Waals surface area contributed by atoms with Crippen LogP contribution in [0, 0.1) is 0 Å². The molecular formula is C11H14N4O2S. The summed E-state index contributed by atoms with van der Waals surface area (Å²) in [6.45, 7) is 1.35. The molecule has 7 heteroatoms. The Hall–Kier alpha value is -1.73. The topological polar surface area (TPSA) is 80.0 Å². The van der Waals surface area contributed by atoms with Gasteiger partial charge in [0.05, 0.1) is 13.0 Å². The van der Waals surface area contributed by atoms with Crippen molar-refractivity contribution in [3.05, 3.63) is 34.0 Å². The average molecular weight is 266 g/mol. The zero-order valence-corrected chi connectivity index (χ0v) is 10.8. The minimum atomic E-state index is -0.796. The molecule has 2 rings (SSSR count). The first-order valence-electron chi connectivity index (χ1n) is 5.48. The third-order valence-electron chi connectivity index (χ3n) is 2.43. The fraction of sp³-hybridized carbons (Fsp3) is 0.364. The third kappa shape index (κ3) is 3.38. The third-order valence-corrected chi connectivity index (χ3v) is 3.52. The molecule has 0 fully saturated rings. The summed E-state index contributed by atoms with van der Waals surface area (Å²) < 4.78 is 1.86. The first kappa shape index (κ1) is 12.7. The Morgan fingerprint density at radius 2 is 2.22 bits per heavy atom. The molecule has 0 unspecified atom stereocenters. The number of aryl methyl sites for hydroxylation is 1. The molecular weight excluding hydrogens is 252 g/mol. The summed E-state index contributed by atoms with van der Waals surface area (Å²) in [6.07, 6.45) is 1.75. The zero-order valence-electron chi connectivity index (χ0n) is 9.96. The van der Waals surface area contributed by atoms with Gasteiger partial charge in [-0.05, 0) is 12.1 Å². The van der Waals surface area contributed by atoms with E-state index in [0.29, 0.717) is 13.1 Å². The second-order valence-electron chi connectivity index (χ2n) is 3.90. The summed E-state index contributed by atoms with van der Waals surface area (Å²) >= 11 is 1.52. The standard InChI is InChI=1S/C11H14N4O2S/c1-15-7-13-14-10(15)6-12-5-9-3-2-8(18-9)4-11(16)17/h2-3,7,12H,4-6H2,1H3,(H,16,17). The van der Waals surface area contributed by atoms with Gasteiger partial charge >= 0.3 is 5.97 Å². The Morgan fingerprint density at radius 1 is 1.44 bits per heavy atom. The lowest BCUT2D eigenvalue weighted by atomic mass is 10.3. The maximum absolute atomic E-state index is 10.6. The maximum Gasteiger partial charge on any atom is 0.308 e. The van der Waals surface area contributed by atoms with Gasteiger partial charge in [0.25, 0.3) is 0 Å². The van der Waals surface area contributed by atoms with Crippen LogP contribution >= 0.6 is 11.3 Å². The predicted molar refractivity (Wildman–Crippen MR) is 67.2 cm³/mol. The van der Waals surface area contributed by atoms with Crippen LogP contribution in [0.25, 0.3) is 0 Å². The molecule has 0 aliphatic carbocycles. The second kappa shape index (κ2) is 5.74. The minimum absolute atomic E-state index is 0.0912. The number of carboxylic acid groups (broad SMARTS) is 1. The van der Waals surface area contributed by atoms with Crippen molar-refractivity contribution in [2.75, 3.05) is 0 Å². The van der Waals surface area contributed by atoms with Crippen molar-refractivity contribution in [3.63, 3.8) is 0 Å². The number of hydrogen-bond donors (Lipinski definition) is 2. The van der Waals surface area contributed by atoms with Crippen LogP contribution < -0.4 is 5.32 Å². The normalized spacial score (nSPS) is 10.7. The number of rotatable bonds is 6. The molecule has 0 atom stereocenters. The monoisotopic (exact) mass is 266 g/mol. The lowest BCUT2D eigenvalue weighted by molar-refractivity contribution is -0.136. The van der Waals surface area contributed by atoms with Gasteiger partial charge in [-0.25, -0.2) is 0 Å². The SMILES string of the molecule is Cn1cnnc1CNCc1ccc(CC(=O)O)s1. The summed E-state index contributed by atoms with van der Waals surface area (Å²) in [6, 6.07) is 3.81. The molecule has 0 spiro atoms. The van der Waals surface area contributed by atoms with Crippen LogP contribution in [0.5, 0.6) is 0 Å². The molecule has 2 aromatic heterocycles. The molecule has 0 aliphatic heterocycles. The Bertz CT molecular complexity index is 535. The zero-order chi connectivity index (χ0) is 13.0. The van der Waals surface area contributed by atoms with E-state index in [2.05, 4.69) is 15.5 Å². The molecule has 0 aromatic carbocycles. The van der Waals surface area contributed by atoms with E-state index < -0.39 is 5.97 Å². The minimum Gasteiger partial charge on any atom is -0.481 e. The fourth-order valence-electron chi connectivity index (χ4n) is 1.53. The van der Waals surface area contributed by atoms with E-state index in [1.165, 1.54) is 11.3 Å². The highest BCUT2D eigenvalue weighted by Gasteiger charge is 2.05. The smallest absolute Gasteiger partial charge is 0.308 e. The summed E-state index contributed by atoms with van der Waals surface area (Å²) in [4.78, 5) is 12.6. The van der Waals surface area contributed by atoms with Crippen LogP contribution in [0.15, 0.2) is 18.5 Å². The van der Waals surface area contributed by atoms with Gasteiger partial charge in [-0.15, -0.1) is 21.5 Å². The predicted octanol–water partition coefficient (Wildman–Crippen LogP) is 0.793. The van der Waals surface area contributed by atoms with Crippen molar-refractivity contribution in [2.24, 2.45) is 7.05 Å².